The van der Waals surface area contributed by atoms with E-state index in [-0.39, 0.29) is 0 Å². The molecule has 1 aromatic heterocycles. The minimum absolute atomic E-state index is 0.434. The molecule has 1 saturated heterocycles. The van der Waals surface area contributed by atoms with E-state index in [1.54, 1.807) is 0 Å². The first-order chi connectivity index (χ1) is 11.3. The molecule has 2 aliphatic rings. The largest absolute Gasteiger partial charge is 0.408 e. The highest BCUT2D eigenvalue weighted by molar-refractivity contribution is 8.30. The second-order valence-electron chi connectivity index (χ2n) is 6.73. The molecule has 136 valence electrons. The molecule has 0 saturated carbocycles. The summed E-state index contributed by atoms with van der Waals surface area (Å²) >= 11 is 0. The van der Waals surface area contributed by atoms with Crippen molar-refractivity contribution in [3.05, 3.63) is 0 Å². The van der Waals surface area contributed by atoms with Gasteiger partial charge < -0.3 is 4.90 Å². The number of nitrogens with zero attached hydrogens (tertiary/aromatic N) is 5. The van der Waals surface area contributed by atoms with Gasteiger partial charge in [-0.25, -0.2) is 4.68 Å². The normalized spacial score (nSPS) is 23.3. The SMILES string of the molecule is CC(C)CC1=NCC[SH]1c1nc(N2CCCC2)nn1CC(F)(F)F. The van der Waals surface area contributed by atoms with Crippen molar-refractivity contribution in [3.63, 3.8) is 0 Å². The molecular weight excluding hydrogens is 339 g/mol. The summed E-state index contributed by atoms with van der Waals surface area (Å²) < 4.78 is 40.0. The summed E-state index contributed by atoms with van der Waals surface area (Å²) in [5.41, 5.74) is 0. The summed E-state index contributed by atoms with van der Waals surface area (Å²) in [6, 6.07) is 0. The Morgan fingerprint density at radius 1 is 1.21 bits per heavy atom. The van der Waals surface area contributed by atoms with Gasteiger partial charge in [-0.1, -0.05) is 13.8 Å². The van der Waals surface area contributed by atoms with Crippen molar-refractivity contribution in [3.8, 4) is 0 Å². The van der Waals surface area contributed by atoms with Crippen LogP contribution in [0.2, 0.25) is 0 Å². The van der Waals surface area contributed by atoms with E-state index in [0.717, 1.165) is 47.8 Å². The van der Waals surface area contributed by atoms with Crippen LogP contribution >= 0.6 is 10.9 Å². The first-order valence-corrected chi connectivity index (χ1v) is 9.93. The molecule has 0 aromatic carbocycles. The van der Waals surface area contributed by atoms with Gasteiger partial charge in [0.05, 0.1) is 5.04 Å². The Morgan fingerprint density at radius 2 is 1.92 bits per heavy atom. The number of thiol groups is 1. The molecule has 0 aliphatic carbocycles. The second kappa shape index (κ2) is 6.93. The Kier molecular flexibility index (Phi) is 5.08. The van der Waals surface area contributed by atoms with Crippen LogP contribution in [0.3, 0.4) is 0 Å². The predicted molar refractivity (Wildman–Crippen MR) is 91.4 cm³/mol. The standard InChI is InChI=1S/C15H24F3N5S/c1-11(2)9-12-19-5-8-24(12)14-20-13(22-6-3-4-7-22)21-23(14)10-15(16,17)18/h11,24H,3-10H2,1-2H3. The van der Waals surface area contributed by atoms with E-state index in [4.69, 9.17) is 0 Å². The van der Waals surface area contributed by atoms with E-state index in [1.807, 2.05) is 4.90 Å². The molecule has 0 N–H and O–H groups in total. The molecule has 1 fully saturated rings. The van der Waals surface area contributed by atoms with Crippen molar-refractivity contribution >= 4 is 21.9 Å². The maximum absolute atomic E-state index is 13.0. The lowest BCUT2D eigenvalue weighted by Crippen LogP contribution is -2.22. The molecular formula is C15H24F3N5S. The fourth-order valence-electron chi connectivity index (χ4n) is 3.10. The molecule has 5 nitrogen and oxygen atoms in total. The first kappa shape index (κ1) is 17.6. The Bertz CT molecular complexity index is 605. The minimum Gasteiger partial charge on any atom is -0.340 e. The quantitative estimate of drug-likeness (QED) is 0.817. The first-order valence-electron chi connectivity index (χ1n) is 8.41. The van der Waals surface area contributed by atoms with Gasteiger partial charge in [-0.3, -0.25) is 4.99 Å². The van der Waals surface area contributed by atoms with Crippen LogP contribution in [-0.4, -0.2) is 51.4 Å². The molecule has 1 unspecified atom stereocenters. The van der Waals surface area contributed by atoms with Crippen LogP contribution in [0.5, 0.6) is 0 Å². The third-order valence-corrected chi connectivity index (χ3v) is 6.53. The summed E-state index contributed by atoms with van der Waals surface area (Å²) in [6.45, 7) is 5.46. The molecule has 9 heteroatoms. The average molecular weight is 363 g/mol. The van der Waals surface area contributed by atoms with Crippen LogP contribution in [0.25, 0.3) is 0 Å². The third kappa shape index (κ3) is 4.04. The van der Waals surface area contributed by atoms with Gasteiger partial charge in [0.25, 0.3) is 0 Å². The minimum atomic E-state index is -4.30. The highest BCUT2D eigenvalue weighted by atomic mass is 32.2. The van der Waals surface area contributed by atoms with Crippen molar-refractivity contribution in [2.75, 3.05) is 30.3 Å². The lowest BCUT2D eigenvalue weighted by atomic mass is 10.1. The molecule has 3 heterocycles. The van der Waals surface area contributed by atoms with Gasteiger partial charge in [0.15, 0.2) is 5.16 Å². The van der Waals surface area contributed by atoms with Gasteiger partial charge in [-0.15, -0.1) is 5.10 Å². The van der Waals surface area contributed by atoms with Crippen LogP contribution in [0.4, 0.5) is 19.1 Å². The van der Waals surface area contributed by atoms with Crippen LogP contribution in [0.1, 0.15) is 33.1 Å². The fourth-order valence-corrected chi connectivity index (χ4v) is 5.55. The monoisotopic (exact) mass is 363 g/mol. The molecule has 0 spiro atoms. The Balaban J connectivity index is 1.90. The number of alkyl halides is 3. The molecule has 0 radical (unpaired) electrons. The molecule has 1 aromatic rings. The molecule has 1 atom stereocenters. The number of rotatable bonds is 5. The molecule has 0 amide bonds. The zero-order chi connectivity index (χ0) is 17.3. The van der Waals surface area contributed by atoms with E-state index in [0.29, 0.717) is 23.6 Å². The topological polar surface area (TPSA) is 46.3 Å². The van der Waals surface area contributed by atoms with Crippen molar-refractivity contribution in [2.45, 2.75) is 51.0 Å². The molecule has 2 aliphatic heterocycles. The lowest BCUT2D eigenvalue weighted by Gasteiger charge is -2.19. The third-order valence-electron chi connectivity index (χ3n) is 4.12. The van der Waals surface area contributed by atoms with Crippen LogP contribution in [-0.2, 0) is 6.54 Å². The summed E-state index contributed by atoms with van der Waals surface area (Å²) in [6.07, 6.45) is -1.39. The van der Waals surface area contributed by atoms with Gasteiger partial charge in [0.2, 0.25) is 5.95 Å². The highest BCUT2D eigenvalue weighted by Crippen LogP contribution is 2.43. The van der Waals surface area contributed by atoms with Gasteiger partial charge in [-0.2, -0.15) is 29.1 Å². The number of hydrogen-bond acceptors (Lipinski definition) is 4. The van der Waals surface area contributed by atoms with Gasteiger partial charge >= 0.3 is 6.18 Å². The van der Waals surface area contributed by atoms with Crippen LogP contribution < -0.4 is 4.90 Å². The predicted octanol–water partition coefficient (Wildman–Crippen LogP) is 3.26. The van der Waals surface area contributed by atoms with Gasteiger partial charge in [-0.05, 0) is 25.2 Å². The summed E-state index contributed by atoms with van der Waals surface area (Å²) in [4.78, 5) is 11.1. The molecule has 24 heavy (non-hydrogen) atoms. The molecule has 0 bridgehead atoms. The summed E-state index contributed by atoms with van der Waals surface area (Å²) in [5, 5.41) is 5.73. The molecule has 3 rings (SSSR count). The summed E-state index contributed by atoms with van der Waals surface area (Å²) in [7, 11) is -0.891. The Morgan fingerprint density at radius 3 is 2.54 bits per heavy atom. The van der Waals surface area contributed by atoms with E-state index in [1.165, 1.54) is 0 Å². The van der Waals surface area contributed by atoms with Crippen LogP contribution in [0.15, 0.2) is 10.1 Å². The number of anilines is 1. The average Bonchev–Trinajstić information content (AvgIpc) is 3.15. The van der Waals surface area contributed by atoms with E-state index >= 15 is 0 Å². The van der Waals surface area contributed by atoms with Gasteiger partial charge in [0.1, 0.15) is 6.54 Å². The highest BCUT2D eigenvalue weighted by Gasteiger charge is 2.34. The summed E-state index contributed by atoms with van der Waals surface area (Å²) in [5.74, 6) is 1.67. The fraction of sp³-hybridized carbons (Fsp3) is 0.800. The van der Waals surface area contributed by atoms with Gasteiger partial charge in [0, 0.05) is 25.4 Å². The van der Waals surface area contributed by atoms with Crippen molar-refractivity contribution in [1.82, 2.24) is 14.8 Å². The lowest BCUT2D eigenvalue weighted by molar-refractivity contribution is -0.144. The Labute approximate surface area is 142 Å². The van der Waals surface area contributed by atoms with E-state index < -0.39 is 23.6 Å². The maximum atomic E-state index is 13.0. The second-order valence-corrected chi connectivity index (χ2v) is 8.95. The zero-order valence-corrected chi connectivity index (χ0v) is 14.9. The zero-order valence-electron chi connectivity index (χ0n) is 14.1. The van der Waals surface area contributed by atoms with Crippen LogP contribution in [0, 0.1) is 5.92 Å². The van der Waals surface area contributed by atoms with Crippen molar-refractivity contribution in [2.24, 2.45) is 10.9 Å². The number of aromatic nitrogens is 3. The Hall–Kier alpha value is -1.25. The van der Waals surface area contributed by atoms with Crippen molar-refractivity contribution < 1.29 is 13.2 Å². The number of aliphatic imine (C=N–C) groups is 1. The number of hydrogen-bond donors (Lipinski definition) is 1. The smallest absolute Gasteiger partial charge is 0.340 e. The number of halogens is 3. The van der Waals surface area contributed by atoms with E-state index in [2.05, 4.69) is 28.9 Å². The van der Waals surface area contributed by atoms with Crippen molar-refractivity contribution in [1.29, 1.82) is 0 Å². The maximum Gasteiger partial charge on any atom is 0.408 e. The van der Waals surface area contributed by atoms with E-state index in [9.17, 15) is 13.2 Å².